The Morgan fingerprint density at radius 2 is 1.00 bits per heavy atom. The van der Waals surface area contributed by atoms with Crippen LogP contribution < -0.4 is 0 Å². The summed E-state index contributed by atoms with van der Waals surface area (Å²) in [6.07, 6.45) is 9.34. The van der Waals surface area contributed by atoms with Crippen LogP contribution in [0.4, 0.5) is 0 Å². The van der Waals surface area contributed by atoms with Gasteiger partial charge in [-0.25, -0.2) is 0 Å². The first-order valence-electron chi connectivity index (χ1n) is 9.30. The number of unbranched alkanes of at least 4 members (excludes halogenated alkanes) is 4. The molecular formula is C22H28Cl2S. The molecule has 0 N–H and O–H groups in total. The van der Waals surface area contributed by atoms with Crippen molar-refractivity contribution in [3.63, 3.8) is 0 Å². The van der Waals surface area contributed by atoms with Crippen LogP contribution in [0.2, 0.25) is 0 Å². The molecule has 136 valence electrons. The van der Waals surface area contributed by atoms with Gasteiger partial charge in [0.25, 0.3) is 0 Å². The van der Waals surface area contributed by atoms with Crippen LogP contribution in [0.5, 0.6) is 0 Å². The molecule has 0 fully saturated rings. The number of hydrogen-bond acceptors (Lipinski definition) is 1. The summed E-state index contributed by atoms with van der Waals surface area (Å²) in [5, 5.41) is 0. The predicted molar refractivity (Wildman–Crippen MR) is 114 cm³/mol. The van der Waals surface area contributed by atoms with Crippen LogP contribution in [0, 0.1) is 0 Å². The fourth-order valence-electron chi connectivity index (χ4n) is 2.91. The van der Waals surface area contributed by atoms with E-state index in [-0.39, 0.29) is 0 Å². The van der Waals surface area contributed by atoms with Gasteiger partial charge in [-0.05, 0) is 61.8 Å². The minimum absolute atomic E-state index is 0.771. The Labute approximate surface area is 167 Å². The van der Waals surface area contributed by atoms with Gasteiger partial charge in [0.05, 0.1) is 0 Å². The van der Waals surface area contributed by atoms with E-state index in [9.17, 15) is 0 Å². The Morgan fingerprint density at radius 1 is 0.560 bits per heavy atom. The van der Waals surface area contributed by atoms with Gasteiger partial charge in [-0.2, -0.15) is 0 Å². The third-order valence-corrected chi connectivity index (χ3v) is 6.10. The molecule has 0 aliphatic heterocycles. The molecule has 0 bridgehead atoms. The zero-order chi connectivity index (χ0) is 17.7. The molecule has 0 spiro atoms. The molecule has 0 aliphatic carbocycles. The van der Waals surface area contributed by atoms with Crippen molar-refractivity contribution >= 4 is 35.0 Å². The van der Waals surface area contributed by atoms with Crippen LogP contribution in [-0.4, -0.2) is 11.8 Å². The summed E-state index contributed by atoms with van der Waals surface area (Å²) in [7, 11) is 0. The molecule has 0 heterocycles. The van der Waals surface area contributed by atoms with Gasteiger partial charge in [0, 0.05) is 21.6 Å². The first-order valence-corrected chi connectivity index (χ1v) is 11.2. The second-order valence-corrected chi connectivity index (χ2v) is 8.16. The third-order valence-electron chi connectivity index (χ3n) is 4.32. The van der Waals surface area contributed by atoms with Crippen LogP contribution >= 0.6 is 35.0 Å². The van der Waals surface area contributed by atoms with Crippen molar-refractivity contribution in [2.75, 3.05) is 11.8 Å². The van der Waals surface area contributed by atoms with Crippen molar-refractivity contribution in [1.82, 2.24) is 0 Å². The van der Waals surface area contributed by atoms with Crippen molar-refractivity contribution in [3.05, 3.63) is 59.7 Å². The Morgan fingerprint density at radius 3 is 1.44 bits per heavy atom. The zero-order valence-electron chi connectivity index (χ0n) is 14.9. The van der Waals surface area contributed by atoms with E-state index in [1.165, 1.54) is 46.6 Å². The van der Waals surface area contributed by atoms with Crippen LogP contribution in [0.3, 0.4) is 0 Å². The highest BCUT2D eigenvalue weighted by atomic mass is 35.5. The van der Waals surface area contributed by atoms with Crippen LogP contribution in [0.25, 0.3) is 0 Å². The molecule has 2 aromatic rings. The summed E-state index contributed by atoms with van der Waals surface area (Å²) in [6.45, 7) is 0. The first-order chi connectivity index (χ1) is 12.3. The molecule has 2 rings (SSSR count). The first kappa shape index (κ1) is 20.7. The average Bonchev–Trinajstić information content (AvgIpc) is 2.65. The summed E-state index contributed by atoms with van der Waals surface area (Å²) < 4.78 is 0. The lowest BCUT2D eigenvalue weighted by Crippen LogP contribution is -1.92. The fourth-order valence-corrected chi connectivity index (χ4v) is 4.42. The predicted octanol–water partition coefficient (Wildman–Crippen LogP) is 7.74. The van der Waals surface area contributed by atoms with E-state index >= 15 is 0 Å². The topological polar surface area (TPSA) is 0 Å². The van der Waals surface area contributed by atoms with Crippen LogP contribution in [0.15, 0.2) is 58.3 Å². The van der Waals surface area contributed by atoms with Crippen molar-refractivity contribution in [3.8, 4) is 0 Å². The van der Waals surface area contributed by atoms with Gasteiger partial charge in [0.2, 0.25) is 0 Å². The van der Waals surface area contributed by atoms with Crippen LogP contribution in [-0.2, 0) is 12.8 Å². The Kier molecular flexibility index (Phi) is 10.5. The zero-order valence-corrected chi connectivity index (χ0v) is 17.2. The molecular weight excluding hydrogens is 367 g/mol. The maximum atomic E-state index is 5.79. The molecule has 2 aromatic carbocycles. The Balaban J connectivity index is 2.01. The van der Waals surface area contributed by atoms with Crippen LogP contribution in [0.1, 0.15) is 49.7 Å². The van der Waals surface area contributed by atoms with Gasteiger partial charge in [-0.3, -0.25) is 0 Å². The highest BCUT2D eigenvalue weighted by Crippen LogP contribution is 2.34. The van der Waals surface area contributed by atoms with Crippen molar-refractivity contribution < 1.29 is 0 Å². The summed E-state index contributed by atoms with van der Waals surface area (Å²) in [6, 6.07) is 17.6. The van der Waals surface area contributed by atoms with E-state index in [0.29, 0.717) is 0 Å². The van der Waals surface area contributed by atoms with Crippen molar-refractivity contribution in [2.45, 2.75) is 61.2 Å². The lowest BCUT2D eigenvalue weighted by atomic mass is 10.1. The summed E-state index contributed by atoms with van der Waals surface area (Å²) >= 11 is 13.5. The molecule has 0 amide bonds. The molecule has 0 aromatic heterocycles. The SMILES string of the molecule is ClCCCCCc1ccccc1Sc1ccccc1CCCCCCl. The van der Waals surface area contributed by atoms with Crippen molar-refractivity contribution in [2.24, 2.45) is 0 Å². The maximum absolute atomic E-state index is 5.79. The minimum Gasteiger partial charge on any atom is -0.127 e. The molecule has 0 atom stereocenters. The van der Waals surface area contributed by atoms with E-state index in [1.54, 1.807) is 0 Å². The van der Waals surface area contributed by atoms with Gasteiger partial charge < -0.3 is 0 Å². The van der Waals surface area contributed by atoms with Gasteiger partial charge in [0.1, 0.15) is 0 Å². The lowest BCUT2D eigenvalue weighted by Gasteiger charge is -2.12. The molecule has 0 aliphatic rings. The summed E-state index contributed by atoms with van der Waals surface area (Å²) in [4.78, 5) is 2.78. The van der Waals surface area contributed by atoms with Gasteiger partial charge in [-0.15, -0.1) is 23.2 Å². The molecule has 0 saturated carbocycles. The smallest absolute Gasteiger partial charge is 0.0223 e. The van der Waals surface area contributed by atoms with Crippen molar-refractivity contribution in [1.29, 1.82) is 0 Å². The number of aryl methyl sites for hydroxylation is 2. The van der Waals surface area contributed by atoms with E-state index in [0.717, 1.165) is 37.4 Å². The Bertz CT molecular complexity index is 559. The monoisotopic (exact) mass is 394 g/mol. The van der Waals surface area contributed by atoms with E-state index in [1.807, 2.05) is 11.8 Å². The molecule has 0 saturated heterocycles. The van der Waals surface area contributed by atoms with Gasteiger partial charge >= 0.3 is 0 Å². The Hall–Kier alpha value is -0.630. The highest BCUT2D eigenvalue weighted by molar-refractivity contribution is 7.99. The summed E-state index contributed by atoms with van der Waals surface area (Å²) in [5.41, 5.74) is 2.91. The molecule has 3 heteroatoms. The van der Waals surface area contributed by atoms with Gasteiger partial charge in [-0.1, -0.05) is 61.0 Å². The average molecular weight is 395 g/mol. The second kappa shape index (κ2) is 12.7. The largest absolute Gasteiger partial charge is 0.127 e. The quantitative estimate of drug-likeness (QED) is 0.262. The third kappa shape index (κ3) is 7.64. The molecule has 0 nitrogen and oxygen atoms in total. The number of alkyl halides is 2. The number of halogens is 2. The van der Waals surface area contributed by atoms with Gasteiger partial charge in [0.15, 0.2) is 0 Å². The highest BCUT2D eigenvalue weighted by Gasteiger charge is 2.08. The number of hydrogen-bond donors (Lipinski definition) is 0. The molecule has 0 unspecified atom stereocenters. The maximum Gasteiger partial charge on any atom is 0.0223 e. The van der Waals surface area contributed by atoms with E-state index in [2.05, 4.69) is 48.5 Å². The van der Waals surface area contributed by atoms with E-state index < -0.39 is 0 Å². The number of rotatable bonds is 12. The molecule has 0 radical (unpaired) electrons. The normalized spacial score (nSPS) is 11.0. The summed E-state index contributed by atoms with van der Waals surface area (Å²) in [5.74, 6) is 1.54. The minimum atomic E-state index is 0.771. The van der Waals surface area contributed by atoms with E-state index in [4.69, 9.17) is 23.2 Å². The standard InChI is InChI=1S/C22H28Cl2S/c23-17-9-1-3-11-19-13-5-7-15-21(19)25-22-16-8-6-14-20(22)12-4-2-10-18-24/h5-8,13-16H,1-4,9-12,17-18H2. The number of benzene rings is 2. The second-order valence-electron chi connectivity index (χ2n) is 6.32. The molecule has 25 heavy (non-hydrogen) atoms. The fraction of sp³-hybridized carbons (Fsp3) is 0.455. The lowest BCUT2D eigenvalue weighted by molar-refractivity contribution is 0.713.